The van der Waals surface area contributed by atoms with Gasteiger partial charge < -0.3 is 14.5 Å². The number of aromatic amines is 1. The number of carbonyl (C=O) groups excluding carboxylic acids is 1. The van der Waals surface area contributed by atoms with Crippen molar-refractivity contribution in [1.82, 2.24) is 19.9 Å². The number of H-pyrrole nitrogens is 1. The molecule has 1 aliphatic carbocycles. The second kappa shape index (κ2) is 8.70. The van der Waals surface area contributed by atoms with Crippen LogP contribution in [0.15, 0.2) is 27.5 Å². The SMILES string of the molecule is COC(=O)c1nc(C2CCC(c3cc(Nc4ccc5c(c4F)CNS5(=O)=O)n[nH]3)C2)oc1C(C)(C)C. The summed E-state index contributed by atoms with van der Waals surface area (Å²) >= 11 is 0. The molecule has 5 rings (SSSR count). The van der Waals surface area contributed by atoms with Crippen molar-refractivity contribution in [3.05, 3.63) is 52.6 Å². The van der Waals surface area contributed by atoms with Gasteiger partial charge in [0.1, 0.15) is 5.76 Å². The maximum Gasteiger partial charge on any atom is 0.360 e. The molecule has 1 aliphatic heterocycles. The number of methoxy groups -OCH3 is 1. The highest BCUT2D eigenvalue weighted by Crippen LogP contribution is 2.44. The van der Waals surface area contributed by atoms with Crippen LogP contribution in [0.5, 0.6) is 0 Å². The van der Waals surface area contributed by atoms with Crippen molar-refractivity contribution < 1.29 is 26.8 Å². The summed E-state index contributed by atoms with van der Waals surface area (Å²) in [5, 5.41) is 10.2. The first-order chi connectivity index (χ1) is 17.0. The van der Waals surface area contributed by atoms with Crippen LogP contribution >= 0.6 is 0 Å². The number of ether oxygens (including phenoxy) is 1. The third-order valence-corrected chi connectivity index (χ3v) is 8.20. The molecule has 3 aromatic rings. The normalized spacial score (nSPS) is 20.9. The average molecular weight is 518 g/mol. The number of hydrogen-bond acceptors (Lipinski definition) is 8. The van der Waals surface area contributed by atoms with Crippen molar-refractivity contribution in [1.29, 1.82) is 0 Å². The van der Waals surface area contributed by atoms with Crippen LogP contribution in [-0.2, 0) is 26.7 Å². The molecule has 0 amide bonds. The number of hydrogen-bond donors (Lipinski definition) is 3. The molecule has 10 nitrogen and oxygen atoms in total. The molecule has 2 aliphatic rings. The highest BCUT2D eigenvalue weighted by molar-refractivity contribution is 7.89. The molecular formula is C24H28FN5O5S. The number of rotatable bonds is 5. The minimum atomic E-state index is -3.65. The second-order valence-electron chi connectivity index (χ2n) is 10.2. The molecule has 1 saturated carbocycles. The van der Waals surface area contributed by atoms with Gasteiger partial charge in [-0.05, 0) is 31.4 Å². The number of halogens is 1. The lowest BCUT2D eigenvalue weighted by molar-refractivity contribution is 0.0590. The van der Waals surface area contributed by atoms with Gasteiger partial charge in [-0.1, -0.05) is 20.8 Å². The molecule has 3 N–H and O–H groups in total. The van der Waals surface area contributed by atoms with Gasteiger partial charge in [0.25, 0.3) is 0 Å². The van der Waals surface area contributed by atoms with Gasteiger partial charge in [-0.3, -0.25) is 5.10 Å². The van der Waals surface area contributed by atoms with E-state index in [0.717, 1.165) is 25.0 Å². The van der Waals surface area contributed by atoms with Crippen molar-refractivity contribution in [3.63, 3.8) is 0 Å². The van der Waals surface area contributed by atoms with Gasteiger partial charge >= 0.3 is 5.97 Å². The Morgan fingerprint density at radius 3 is 2.72 bits per heavy atom. The monoisotopic (exact) mass is 517 g/mol. The van der Waals surface area contributed by atoms with Crippen LogP contribution in [0.1, 0.15) is 85.3 Å². The van der Waals surface area contributed by atoms with E-state index >= 15 is 0 Å². The standard InChI is InChI=1S/C24H28FN5O5S/c1-24(2,3)21-20(23(31)34-4)28-22(35-21)13-6-5-12(9-13)16-10-18(30-29-16)27-15-7-8-17-14(19(15)25)11-26-36(17,32)33/h7-8,10,12-13,26H,5-6,9,11H2,1-4H3,(H2,27,29,30). The summed E-state index contributed by atoms with van der Waals surface area (Å²) in [5.41, 5.74) is 0.975. The number of aromatic nitrogens is 3. The van der Waals surface area contributed by atoms with Gasteiger partial charge in [0.15, 0.2) is 23.2 Å². The molecule has 192 valence electrons. The Hall–Kier alpha value is -3.25. The van der Waals surface area contributed by atoms with E-state index in [1.807, 2.05) is 26.8 Å². The lowest BCUT2D eigenvalue weighted by atomic mass is 9.92. The van der Waals surface area contributed by atoms with Gasteiger partial charge in [0.2, 0.25) is 10.0 Å². The van der Waals surface area contributed by atoms with Crippen molar-refractivity contribution >= 4 is 27.5 Å². The summed E-state index contributed by atoms with van der Waals surface area (Å²) in [6, 6.07) is 4.60. The summed E-state index contributed by atoms with van der Waals surface area (Å²) in [6.07, 6.45) is 2.45. The third kappa shape index (κ3) is 4.28. The van der Waals surface area contributed by atoms with E-state index in [1.165, 1.54) is 19.2 Å². The van der Waals surface area contributed by atoms with Gasteiger partial charge in [0, 0.05) is 41.1 Å². The summed E-state index contributed by atoms with van der Waals surface area (Å²) in [7, 11) is -2.32. The van der Waals surface area contributed by atoms with E-state index in [4.69, 9.17) is 9.15 Å². The molecule has 1 aromatic carbocycles. The number of esters is 1. The molecule has 2 atom stereocenters. The van der Waals surface area contributed by atoms with Crippen LogP contribution in [0.25, 0.3) is 0 Å². The number of nitrogens with one attached hydrogen (secondary N) is 3. The first-order valence-electron chi connectivity index (χ1n) is 11.7. The van der Waals surface area contributed by atoms with Crippen LogP contribution in [0.2, 0.25) is 0 Å². The number of nitrogens with zero attached hydrogens (tertiary/aromatic N) is 2. The summed E-state index contributed by atoms with van der Waals surface area (Å²) in [5.74, 6) is 0.541. The first kappa shape index (κ1) is 24.4. The fraction of sp³-hybridized carbons (Fsp3) is 0.458. The van der Waals surface area contributed by atoms with E-state index in [1.54, 1.807) is 0 Å². The second-order valence-corrected chi connectivity index (χ2v) is 12.0. The molecule has 0 saturated heterocycles. The summed E-state index contributed by atoms with van der Waals surface area (Å²) < 4.78 is 52.0. The number of fused-ring (bicyclic) bond motifs is 1. The van der Waals surface area contributed by atoms with Crippen molar-refractivity contribution in [2.24, 2.45) is 0 Å². The molecule has 2 aromatic heterocycles. The van der Waals surface area contributed by atoms with Gasteiger partial charge in [0.05, 0.1) is 17.7 Å². The number of carbonyl (C=O) groups is 1. The average Bonchev–Trinajstić information content (AvgIpc) is 3.59. The van der Waals surface area contributed by atoms with Gasteiger partial charge in [-0.15, -0.1) is 0 Å². The number of oxazole rings is 1. The molecule has 3 heterocycles. The van der Waals surface area contributed by atoms with E-state index in [9.17, 15) is 17.6 Å². The van der Waals surface area contributed by atoms with Crippen LogP contribution in [-0.4, -0.2) is 36.7 Å². The minimum absolute atomic E-state index is 0.0396. The number of anilines is 2. The van der Waals surface area contributed by atoms with Crippen LogP contribution < -0.4 is 10.0 Å². The largest absolute Gasteiger partial charge is 0.464 e. The zero-order chi connectivity index (χ0) is 25.8. The van der Waals surface area contributed by atoms with Crippen LogP contribution in [0, 0.1) is 5.82 Å². The van der Waals surface area contributed by atoms with Crippen LogP contribution in [0.3, 0.4) is 0 Å². The molecule has 0 bridgehead atoms. The Bertz CT molecular complexity index is 1440. The Morgan fingerprint density at radius 1 is 1.25 bits per heavy atom. The minimum Gasteiger partial charge on any atom is -0.464 e. The maximum atomic E-state index is 14.9. The Kier molecular flexibility index (Phi) is 5.91. The fourth-order valence-electron chi connectivity index (χ4n) is 4.85. The highest BCUT2D eigenvalue weighted by Gasteiger charge is 2.36. The van der Waals surface area contributed by atoms with E-state index in [2.05, 4.69) is 25.2 Å². The van der Waals surface area contributed by atoms with Gasteiger partial charge in [-0.2, -0.15) is 5.10 Å². The molecule has 36 heavy (non-hydrogen) atoms. The van der Waals surface area contributed by atoms with E-state index in [-0.39, 0.29) is 40.2 Å². The molecule has 2 unspecified atom stereocenters. The lowest BCUT2D eigenvalue weighted by Crippen LogP contribution is -2.16. The van der Waals surface area contributed by atoms with Crippen molar-refractivity contribution in [2.45, 2.75) is 68.7 Å². The van der Waals surface area contributed by atoms with Gasteiger partial charge in [-0.25, -0.2) is 27.3 Å². The quantitative estimate of drug-likeness (QED) is 0.428. The zero-order valence-electron chi connectivity index (χ0n) is 20.4. The Labute approximate surface area is 208 Å². The smallest absolute Gasteiger partial charge is 0.360 e. The highest BCUT2D eigenvalue weighted by atomic mass is 32.2. The summed E-state index contributed by atoms with van der Waals surface area (Å²) in [4.78, 5) is 16.7. The summed E-state index contributed by atoms with van der Waals surface area (Å²) in [6.45, 7) is 5.79. The molecular weight excluding hydrogens is 489 g/mol. The van der Waals surface area contributed by atoms with E-state index < -0.39 is 27.2 Å². The van der Waals surface area contributed by atoms with Crippen molar-refractivity contribution in [2.75, 3.05) is 12.4 Å². The van der Waals surface area contributed by atoms with E-state index in [0.29, 0.717) is 17.5 Å². The topological polar surface area (TPSA) is 139 Å². The zero-order valence-corrected chi connectivity index (χ0v) is 21.3. The molecule has 12 heteroatoms. The van der Waals surface area contributed by atoms with Crippen LogP contribution in [0.4, 0.5) is 15.9 Å². The van der Waals surface area contributed by atoms with Crippen molar-refractivity contribution in [3.8, 4) is 0 Å². The first-order valence-corrected chi connectivity index (χ1v) is 13.2. The molecule has 0 radical (unpaired) electrons. The predicted octanol–water partition coefficient (Wildman–Crippen LogP) is 4.21. The maximum absolute atomic E-state index is 14.9. The Balaban J connectivity index is 1.31. The number of benzene rings is 1. The molecule has 1 fully saturated rings. The third-order valence-electron chi connectivity index (χ3n) is 6.71. The predicted molar refractivity (Wildman–Crippen MR) is 128 cm³/mol. The fourth-order valence-corrected chi connectivity index (χ4v) is 6.08. The lowest BCUT2D eigenvalue weighted by Gasteiger charge is -2.15. The Morgan fingerprint density at radius 2 is 2.00 bits per heavy atom. The molecule has 0 spiro atoms. The number of sulfonamides is 1.